The molecule has 0 saturated carbocycles. The summed E-state index contributed by atoms with van der Waals surface area (Å²) in [5.41, 5.74) is 0.846. The molecule has 0 aliphatic carbocycles. The minimum atomic E-state index is -1.03. The zero-order chi connectivity index (χ0) is 14.9. The van der Waals surface area contributed by atoms with Crippen molar-refractivity contribution < 1.29 is 14.8 Å². The molecule has 0 bridgehead atoms. The minimum absolute atomic E-state index is 0.0933. The van der Waals surface area contributed by atoms with Crippen molar-refractivity contribution in [2.24, 2.45) is 0 Å². The molecule has 2 rings (SSSR count). The van der Waals surface area contributed by atoms with Crippen LogP contribution in [0.3, 0.4) is 0 Å². The Labute approximate surface area is 118 Å². The van der Waals surface area contributed by atoms with E-state index in [4.69, 9.17) is 5.11 Å². The van der Waals surface area contributed by atoms with Gasteiger partial charge in [-0.15, -0.1) is 11.3 Å². The first-order valence-electron chi connectivity index (χ1n) is 5.94. The average Bonchev–Trinajstić information content (AvgIpc) is 2.73. The van der Waals surface area contributed by atoms with Crippen LogP contribution in [0.1, 0.15) is 11.9 Å². The van der Waals surface area contributed by atoms with Crippen LogP contribution in [0.15, 0.2) is 12.1 Å². The number of anilines is 1. The monoisotopic (exact) mass is 295 g/mol. The molecule has 1 aromatic carbocycles. The molecule has 0 radical (unpaired) electrons. The van der Waals surface area contributed by atoms with Gasteiger partial charge in [-0.3, -0.25) is 14.9 Å². The molecule has 8 heteroatoms. The highest BCUT2D eigenvalue weighted by atomic mass is 32.1. The smallest absolute Gasteiger partial charge is 0.323 e. The Kier molecular flexibility index (Phi) is 3.84. The summed E-state index contributed by atoms with van der Waals surface area (Å²) in [5, 5.41) is 20.9. The highest BCUT2D eigenvalue weighted by Crippen LogP contribution is 2.35. The van der Waals surface area contributed by atoms with Crippen LogP contribution in [-0.2, 0) is 4.79 Å². The summed E-state index contributed by atoms with van der Waals surface area (Å²) >= 11 is 1.38. The van der Waals surface area contributed by atoms with Crippen LogP contribution in [0.25, 0.3) is 10.2 Å². The number of nitrogens with zero attached hydrogens (tertiary/aromatic N) is 3. The van der Waals surface area contributed by atoms with Gasteiger partial charge in [-0.25, -0.2) is 4.98 Å². The van der Waals surface area contributed by atoms with Gasteiger partial charge in [-0.2, -0.15) is 0 Å². The molecular formula is C12H13N3O4S. The molecule has 0 spiro atoms. The lowest BCUT2D eigenvalue weighted by atomic mass is 10.2. The topological polar surface area (TPSA) is 96.6 Å². The van der Waals surface area contributed by atoms with Gasteiger partial charge in [0.1, 0.15) is 12.2 Å². The fourth-order valence-electron chi connectivity index (χ4n) is 2.00. The Morgan fingerprint density at radius 1 is 1.55 bits per heavy atom. The summed E-state index contributed by atoms with van der Waals surface area (Å²) in [4.78, 5) is 27.3. The number of rotatable bonds is 5. The number of carboxylic acid groups (broad SMARTS) is 1. The van der Waals surface area contributed by atoms with Crippen LogP contribution < -0.4 is 4.90 Å². The van der Waals surface area contributed by atoms with E-state index in [1.54, 1.807) is 13.0 Å². The first-order chi connectivity index (χ1) is 9.42. The van der Waals surface area contributed by atoms with E-state index in [0.717, 1.165) is 9.71 Å². The van der Waals surface area contributed by atoms with E-state index in [2.05, 4.69) is 4.98 Å². The van der Waals surface area contributed by atoms with Crippen molar-refractivity contribution in [2.45, 2.75) is 13.8 Å². The summed E-state index contributed by atoms with van der Waals surface area (Å²) in [7, 11) is 0. The van der Waals surface area contributed by atoms with Crippen molar-refractivity contribution in [2.75, 3.05) is 18.0 Å². The quantitative estimate of drug-likeness (QED) is 0.672. The third kappa shape index (κ3) is 2.69. The second-order valence-corrected chi connectivity index (χ2v) is 5.44. The zero-order valence-corrected chi connectivity index (χ0v) is 11.8. The number of benzene rings is 1. The number of thiazole rings is 1. The Hall–Kier alpha value is -2.22. The standard InChI is InChI=1S/C12H13N3O4S/c1-3-14(6-12(16)17)9-4-8-11(20-7(2)13-8)5-10(9)15(18)19/h4-5H,3,6H2,1-2H3,(H,16,17). The highest BCUT2D eigenvalue weighted by Gasteiger charge is 2.22. The van der Waals surface area contributed by atoms with Gasteiger partial charge < -0.3 is 10.0 Å². The summed E-state index contributed by atoms with van der Waals surface area (Å²) in [6.07, 6.45) is 0. The maximum Gasteiger partial charge on any atom is 0.323 e. The van der Waals surface area contributed by atoms with E-state index < -0.39 is 10.9 Å². The number of carbonyl (C=O) groups is 1. The van der Waals surface area contributed by atoms with E-state index in [1.807, 2.05) is 6.92 Å². The van der Waals surface area contributed by atoms with Crippen molar-refractivity contribution in [1.29, 1.82) is 0 Å². The molecule has 2 aromatic rings. The van der Waals surface area contributed by atoms with E-state index >= 15 is 0 Å². The third-order valence-electron chi connectivity index (χ3n) is 2.84. The number of aliphatic carboxylic acids is 1. The van der Waals surface area contributed by atoms with E-state index in [1.165, 1.54) is 22.3 Å². The number of likely N-dealkylation sites (N-methyl/N-ethyl adjacent to an activating group) is 1. The number of aryl methyl sites for hydroxylation is 1. The maximum atomic E-state index is 11.2. The Morgan fingerprint density at radius 3 is 2.80 bits per heavy atom. The number of carboxylic acids is 1. The largest absolute Gasteiger partial charge is 0.480 e. The van der Waals surface area contributed by atoms with Crippen LogP contribution in [0.2, 0.25) is 0 Å². The van der Waals surface area contributed by atoms with Crippen molar-refractivity contribution in [3.63, 3.8) is 0 Å². The van der Waals surface area contributed by atoms with Crippen LogP contribution in [0.4, 0.5) is 11.4 Å². The van der Waals surface area contributed by atoms with Gasteiger partial charge in [0.2, 0.25) is 0 Å². The Balaban J connectivity index is 2.61. The Bertz CT molecular complexity index is 683. The molecule has 0 amide bonds. The molecule has 0 atom stereocenters. The van der Waals surface area contributed by atoms with Gasteiger partial charge in [0, 0.05) is 12.6 Å². The molecular weight excluding hydrogens is 282 g/mol. The molecule has 0 unspecified atom stereocenters. The van der Waals surface area contributed by atoms with Crippen molar-refractivity contribution in [1.82, 2.24) is 4.98 Å². The van der Waals surface area contributed by atoms with Gasteiger partial charge >= 0.3 is 5.97 Å². The second-order valence-electron chi connectivity index (χ2n) is 4.21. The molecule has 1 heterocycles. The predicted octanol–water partition coefficient (Wildman–Crippen LogP) is 2.42. The van der Waals surface area contributed by atoms with E-state index in [9.17, 15) is 14.9 Å². The average molecular weight is 295 g/mol. The minimum Gasteiger partial charge on any atom is -0.480 e. The van der Waals surface area contributed by atoms with Crippen molar-refractivity contribution >= 4 is 38.9 Å². The van der Waals surface area contributed by atoms with Crippen molar-refractivity contribution in [3.8, 4) is 0 Å². The molecule has 1 N–H and O–H groups in total. The molecule has 20 heavy (non-hydrogen) atoms. The lowest BCUT2D eigenvalue weighted by molar-refractivity contribution is -0.384. The predicted molar refractivity (Wildman–Crippen MR) is 76.5 cm³/mol. The first-order valence-corrected chi connectivity index (χ1v) is 6.76. The molecule has 0 fully saturated rings. The molecule has 1 aromatic heterocycles. The highest BCUT2D eigenvalue weighted by molar-refractivity contribution is 7.18. The summed E-state index contributed by atoms with van der Waals surface area (Å²) in [6.45, 7) is 3.65. The number of fused-ring (bicyclic) bond motifs is 1. The maximum absolute atomic E-state index is 11.2. The van der Waals surface area contributed by atoms with Crippen LogP contribution in [0, 0.1) is 17.0 Å². The number of nitro benzene ring substituents is 1. The van der Waals surface area contributed by atoms with E-state index in [-0.39, 0.29) is 17.9 Å². The first kappa shape index (κ1) is 14.2. The lowest BCUT2D eigenvalue weighted by Crippen LogP contribution is -2.29. The molecule has 0 aliphatic rings. The van der Waals surface area contributed by atoms with Crippen molar-refractivity contribution in [3.05, 3.63) is 27.3 Å². The van der Waals surface area contributed by atoms with Crippen LogP contribution >= 0.6 is 11.3 Å². The number of hydrogen-bond donors (Lipinski definition) is 1. The summed E-state index contributed by atoms with van der Waals surface area (Å²) < 4.78 is 0.726. The molecule has 0 saturated heterocycles. The lowest BCUT2D eigenvalue weighted by Gasteiger charge is -2.20. The summed E-state index contributed by atoms with van der Waals surface area (Å²) in [5.74, 6) is -1.03. The van der Waals surface area contributed by atoms with Gasteiger partial charge in [-0.1, -0.05) is 0 Å². The van der Waals surface area contributed by atoms with Gasteiger partial charge in [-0.05, 0) is 19.9 Å². The number of nitro groups is 1. The van der Waals surface area contributed by atoms with Gasteiger partial charge in [0.15, 0.2) is 0 Å². The summed E-state index contributed by atoms with van der Waals surface area (Å²) in [6, 6.07) is 3.04. The Morgan fingerprint density at radius 2 is 2.25 bits per heavy atom. The fraction of sp³-hybridized carbons (Fsp3) is 0.333. The fourth-order valence-corrected chi connectivity index (χ4v) is 2.84. The van der Waals surface area contributed by atoms with E-state index in [0.29, 0.717) is 12.1 Å². The molecule has 106 valence electrons. The van der Waals surface area contributed by atoms with Gasteiger partial charge in [0.05, 0.1) is 20.1 Å². The molecule has 0 aliphatic heterocycles. The third-order valence-corrected chi connectivity index (χ3v) is 3.77. The number of aromatic nitrogens is 1. The SMILES string of the molecule is CCN(CC(=O)O)c1cc2nc(C)sc2cc1[N+](=O)[O-]. The number of hydrogen-bond acceptors (Lipinski definition) is 6. The van der Waals surface area contributed by atoms with Crippen LogP contribution in [-0.4, -0.2) is 34.1 Å². The molecule has 7 nitrogen and oxygen atoms in total. The second kappa shape index (κ2) is 5.41. The van der Waals surface area contributed by atoms with Gasteiger partial charge in [0.25, 0.3) is 5.69 Å². The zero-order valence-electron chi connectivity index (χ0n) is 11.0. The normalized spacial score (nSPS) is 10.7. The van der Waals surface area contributed by atoms with Crippen LogP contribution in [0.5, 0.6) is 0 Å².